The van der Waals surface area contributed by atoms with Gasteiger partial charge in [-0.2, -0.15) is 0 Å². The molecule has 0 saturated carbocycles. The quantitative estimate of drug-likeness (QED) is 0.443. The number of aliphatic hydroxyl groups is 1. The summed E-state index contributed by atoms with van der Waals surface area (Å²) in [4.78, 5) is 21.2. The lowest BCUT2D eigenvalue weighted by molar-refractivity contribution is -0.180. The van der Waals surface area contributed by atoms with Crippen LogP contribution >= 0.6 is 0 Å². The van der Waals surface area contributed by atoms with Gasteiger partial charge in [0.05, 0.1) is 0 Å². The van der Waals surface area contributed by atoms with E-state index in [0.717, 1.165) is 0 Å². The van der Waals surface area contributed by atoms with Crippen molar-refractivity contribution in [3.05, 3.63) is 0 Å². The molecular weight excluding hydrogens is 190 g/mol. The molecule has 6 nitrogen and oxygen atoms in total. The topological polar surface area (TPSA) is 84.9 Å². The van der Waals surface area contributed by atoms with Crippen LogP contribution in [-0.2, 0) is 19.1 Å². The lowest BCUT2D eigenvalue weighted by Crippen LogP contribution is -2.54. The summed E-state index contributed by atoms with van der Waals surface area (Å²) in [6.07, 6.45) is 0. The Morgan fingerprint density at radius 3 is 2.21 bits per heavy atom. The summed E-state index contributed by atoms with van der Waals surface area (Å²) >= 11 is 0. The van der Waals surface area contributed by atoms with Gasteiger partial charge in [-0.15, -0.1) is 0 Å². The van der Waals surface area contributed by atoms with E-state index in [-0.39, 0.29) is 6.61 Å². The second-order valence-electron chi connectivity index (χ2n) is 2.78. The fraction of sp³-hybridized carbons (Fsp3) is 0.750. The van der Waals surface area contributed by atoms with Crippen molar-refractivity contribution in [3.63, 3.8) is 0 Å². The van der Waals surface area contributed by atoms with Crippen molar-refractivity contribution >= 4 is 11.9 Å². The van der Waals surface area contributed by atoms with Crippen LogP contribution in [0, 0.1) is 0 Å². The average Bonchev–Trinajstić information content (AvgIpc) is 2.11. The number of nitrogens with one attached hydrogen (secondary N) is 1. The van der Waals surface area contributed by atoms with E-state index < -0.39 is 24.3 Å². The highest BCUT2D eigenvalue weighted by atomic mass is 16.6. The molecule has 0 fully saturated rings. The predicted molar refractivity (Wildman–Crippen MR) is 47.3 cm³/mol. The summed E-state index contributed by atoms with van der Waals surface area (Å²) in [5.74, 6) is -1.08. The van der Waals surface area contributed by atoms with E-state index in [0.29, 0.717) is 0 Å². The lowest BCUT2D eigenvalue weighted by atomic mass is 10.2. The maximum absolute atomic E-state index is 10.7. The minimum absolute atomic E-state index is 0.227. The number of likely N-dealkylation sites (N-methyl/N-ethyl adjacent to an activating group) is 1. The van der Waals surface area contributed by atoms with E-state index in [1.807, 2.05) is 0 Å². The van der Waals surface area contributed by atoms with Crippen LogP contribution in [0.2, 0.25) is 0 Å². The first-order valence-electron chi connectivity index (χ1n) is 4.08. The van der Waals surface area contributed by atoms with E-state index in [4.69, 9.17) is 9.84 Å². The molecule has 0 aromatic carbocycles. The van der Waals surface area contributed by atoms with E-state index >= 15 is 0 Å². The van der Waals surface area contributed by atoms with Crippen molar-refractivity contribution in [1.29, 1.82) is 0 Å². The predicted octanol–water partition coefficient (Wildman–Crippen LogP) is -0.979. The molecule has 0 radical (unpaired) electrons. The van der Waals surface area contributed by atoms with Crippen molar-refractivity contribution < 1.29 is 24.2 Å². The number of carbonyl (C=O) groups excluding carboxylic acids is 2. The molecule has 0 aromatic rings. The van der Waals surface area contributed by atoms with Gasteiger partial charge in [0.1, 0.15) is 13.2 Å². The van der Waals surface area contributed by atoms with Gasteiger partial charge in [-0.3, -0.25) is 14.9 Å². The van der Waals surface area contributed by atoms with Crippen molar-refractivity contribution in [2.45, 2.75) is 19.6 Å². The third kappa shape index (κ3) is 4.20. The molecule has 82 valence electrons. The van der Waals surface area contributed by atoms with Crippen LogP contribution in [0.1, 0.15) is 13.8 Å². The summed E-state index contributed by atoms with van der Waals surface area (Å²) in [5, 5.41) is 11.6. The molecule has 0 amide bonds. The zero-order valence-electron chi connectivity index (χ0n) is 8.49. The Bertz CT molecular complexity index is 212. The van der Waals surface area contributed by atoms with Gasteiger partial charge in [-0.1, -0.05) is 0 Å². The SMILES string of the molecule is CNC(CO)(COC(C)=O)OC(C)=O. The molecule has 0 bridgehead atoms. The Labute approximate surface area is 82.2 Å². The lowest BCUT2D eigenvalue weighted by Gasteiger charge is -2.29. The fourth-order valence-electron chi connectivity index (χ4n) is 0.803. The standard InChI is InChI=1S/C8H15NO5/c1-6(11)13-5-8(4-10,9-3)14-7(2)12/h9-10H,4-5H2,1-3H3. The Morgan fingerprint density at radius 1 is 1.36 bits per heavy atom. The first kappa shape index (κ1) is 12.9. The first-order valence-corrected chi connectivity index (χ1v) is 4.08. The molecule has 0 saturated heterocycles. The molecule has 0 rings (SSSR count). The number of ether oxygens (including phenoxy) is 2. The van der Waals surface area contributed by atoms with Crippen molar-refractivity contribution in [1.82, 2.24) is 5.32 Å². The zero-order chi connectivity index (χ0) is 11.2. The minimum atomic E-state index is -1.35. The van der Waals surface area contributed by atoms with E-state index in [1.165, 1.54) is 20.9 Å². The second kappa shape index (κ2) is 5.56. The van der Waals surface area contributed by atoms with E-state index in [2.05, 4.69) is 10.1 Å². The smallest absolute Gasteiger partial charge is 0.304 e. The van der Waals surface area contributed by atoms with Gasteiger partial charge in [0, 0.05) is 13.8 Å². The van der Waals surface area contributed by atoms with Crippen LogP contribution in [0.5, 0.6) is 0 Å². The third-order valence-electron chi connectivity index (χ3n) is 1.56. The summed E-state index contributed by atoms with van der Waals surface area (Å²) in [5.41, 5.74) is -1.35. The van der Waals surface area contributed by atoms with Crippen LogP contribution in [-0.4, -0.2) is 43.0 Å². The zero-order valence-corrected chi connectivity index (χ0v) is 8.49. The molecule has 2 N–H and O–H groups in total. The largest absolute Gasteiger partial charge is 0.460 e. The molecule has 0 aromatic heterocycles. The van der Waals surface area contributed by atoms with Crippen LogP contribution in [0.25, 0.3) is 0 Å². The summed E-state index contributed by atoms with van der Waals surface area (Å²) in [7, 11) is 1.49. The molecular formula is C8H15NO5. The van der Waals surface area contributed by atoms with Crippen molar-refractivity contribution in [3.8, 4) is 0 Å². The van der Waals surface area contributed by atoms with Gasteiger partial charge in [-0.05, 0) is 7.05 Å². The minimum Gasteiger partial charge on any atom is -0.460 e. The number of rotatable bonds is 5. The second-order valence-corrected chi connectivity index (χ2v) is 2.78. The normalized spacial score (nSPS) is 14.3. The van der Waals surface area contributed by atoms with Crippen LogP contribution in [0.3, 0.4) is 0 Å². The summed E-state index contributed by atoms with van der Waals surface area (Å²) < 4.78 is 9.46. The molecule has 14 heavy (non-hydrogen) atoms. The molecule has 0 aliphatic rings. The molecule has 1 unspecified atom stereocenters. The van der Waals surface area contributed by atoms with E-state index in [1.54, 1.807) is 0 Å². The highest BCUT2D eigenvalue weighted by Crippen LogP contribution is 2.07. The maximum atomic E-state index is 10.7. The third-order valence-corrected chi connectivity index (χ3v) is 1.56. The van der Waals surface area contributed by atoms with Gasteiger partial charge in [0.25, 0.3) is 0 Å². The van der Waals surface area contributed by atoms with Gasteiger partial charge >= 0.3 is 11.9 Å². The number of hydrogen-bond acceptors (Lipinski definition) is 6. The van der Waals surface area contributed by atoms with Crippen LogP contribution in [0.4, 0.5) is 0 Å². The molecule has 1 atom stereocenters. The molecule has 0 aliphatic heterocycles. The highest BCUT2D eigenvalue weighted by Gasteiger charge is 2.32. The van der Waals surface area contributed by atoms with E-state index in [9.17, 15) is 9.59 Å². The van der Waals surface area contributed by atoms with Crippen molar-refractivity contribution in [2.24, 2.45) is 0 Å². The Morgan fingerprint density at radius 2 is 1.93 bits per heavy atom. The van der Waals surface area contributed by atoms with Gasteiger partial charge in [0.2, 0.25) is 5.72 Å². The van der Waals surface area contributed by atoms with Gasteiger partial charge in [0.15, 0.2) is 0 Å². The summed E-state index contributed by atoms with van der Waals surface area (Å²) in [6.45, 7) is 1.73. The number of hydrogen-bond donors (Lipinski definition) is 2. The first-order chi connectivity index (χ1) is 6.45. The average molecular weight is 205 g/mol. The number of carbonyl (C=O) groups is 2. The van der Waals surface area contributed by atoms with Gasteiger partial charge in [-0.25, -0.2) is 0 Å². The van der Waals surface area contributed by atoms with Crippen LogP contribution in [0.15, 0.2) is 0 Å². The molecule has 6 heteroatoms. The maximum Gasteiger partial charge on any atom is 0.304 e. The Kier molecular flexibility index (Phi) is 5.11. The molecule has 0 heterocycles. The van der Waals surface area contributed by atoms with Gasteiger partial charge < -0.3 is 14.6 Å². The Balaban J connectivity index is 4.36. The number of esters is 2. The van der Waals surface area contributed by atoms with Crippen LogP contribution < -0.4 is 5.32 Å². The monoisotopic (exact) mass is 205 g/mol. The molecule has 0 aliphatic carbocycles. The number of aliphatic hydroxyl groups excluding tert-OH is 1. The fourth-order valence-corrected chi connectivity index (χ4v) is 0.803. The highest BCUT2D eigenvalue weighted by molar-refractivity contribution is 5.67. The Hall–Kier alpha value is -1.14. The molecule has 0 spiro atoms. The summed E-state index contributed by atoms with van der Waals surface area (Å²) in [6, 6.07) is 0. The van der Waals surface area contributed by atoms with Crippen molar-refractivity contribution in [2.75, 3.05) is 20.3 Å².